The predicted octanol–water partition coefficient (Wildman–Crippen LogP) is 3.09. The maximum absolute atomic E-state index is 12.1. The number of carboxylic acids is 1. The van der Waals surface area contributed by atoms with Gasteiger partial charge in [0.2, 0.25) is 5.91 Å². The van der Waals surface area contributed by atoms with Crippen molar-refractivity contribution in [3.8, 4) is 0 Å². The third-order valence-electron chi connectivity index (χ3n) is 3.72. The van der Waals surface area contributed by atoms with Crippen molar-refractivity contribution in [3.63, 3.8) is 0 Å². The average Bonchev–Trinajstić information content (AvgIpc) is 2.46. The summed E-state index contributed by atoms with van der Waals surface area (Å²) in [5.41, 5.74) is 2.11. The molecule has 1 heterocycles. The molecule has 1 aliphatic rings. The van der Waals surface area contributed by atoms with Crippen LogP contribution in [0.2, 0.25) is 0 Å². The van der Waals surface area contributed by atoms with Crippen LogP contribution in [-0.2, 0) is 9.59 Å². The zero-order chi connectivity index (χ0) is 15.4. The Labute approximate surface area is 132 Å². The number of benzene rings is 1. The van der Waals surface area contributed by atoms with E-state index in [2.05, 4.69) is 15.9 Å². The van der Waals surface area contributed by atoms with Crippen molar-refractivity contribution in [1.82, 2.24) is 4.90 Å². The number of hydrogen-bond donors (Lipinski definition) is 1. The summed E-state index contributed by atoms with van der Waals surface area (Å²) in [4.78, 5) is 24.7. The summed E-state index contributed by atoms with van der Waals surface area (Å²) in [5.74, 6) is -1.14. The maximum atomic E-state index is 12.1. The Morgan fingerprint density at radius 1 is 1.33 bits per heavy atom. The second-order valence-corrected chi connectivity index (χ2v) is 6.15. The average molecular weight is 352 g/mol. The van der Waals surface area contributed by atoms with Crippen molar-refractivity contribution in [1.29, 1.82) is 0 Å². The molecule has 0 atom stereocenters. The Morgan fingerprint density at radius 2 is 2.00 bits per heavy atom. The Bertz CT molecular complexity index is 575. The fraction of sp³-hybridized carbons (Fsp3) is 0.375. The van der Waals surface area contributed by atoms with Gasteiger partial charge in [0.15, 0.2) is 0 Å². The van der Waals surface area contributed by atoms with Crippen LogP contribution in [0.15, 0.2) is 28.7 Å². The molecule has 1 amide bonds. The van der Waals surface area contributed by atoms with Crippen LogP contribution >= 0.6 is 15.9 Å². The van der Waals surface area contributed by atoms with Gasteiger partial charge in [0.25, 0.3) is 0 Å². The zero-order valence-electron chi connectivity index (χ0n) is 11.9. The molecule has 0 aliphatic carbocycles. The number of nitrogens with zero attached hydrogens (tertiary/aromatic N) is 1. The van der Waals surface area contributed by atoms with Gasteiger partial charge in [0.05, 0.1) is 5.92 Å². The molecule has 1 aromatic rings. The molecule has 0 bridgehead atoms. The van der Waals surface area contributed by atoms with E-state index in [1.54, 1.807) is 17.1 Å². The summed E-state index contributed by atoms with van der Waals surface area (Å²) in [5, 5.41) is 8.95. The lowest BCUT2D eigenvalue weighted by molar-refractivity contribution is -0.144. The van der Waals surface area contributed by atoms with E-state index < -0.39 is 5.97 Å². The third-order valence-corrected chi connectivity index (χ3v) is 4.40. The van der Waals surface area contributed by atoms with Gasteiger partial charge >= 0.3 is 5.97 Å². The van der Waals surface area contributed by atoms with E-state index >= 15 is 0 Å². The molecule has 0 saturated carbocycles. The van der Waals surface area contributed by atoms with Crippen LogP contribution in [0.5, 0.6) is 0 Å². The highest BCUT2D eigenvalue weighted by molar-refractivity contribution is 9.10. The molecule has 1 aromatic carbocycles. The van der Waals surface area contributed by atoms with Gasteiger partial charge in [-0.15, -0.1) is 0 Å². The van der Waals surface area contributed by atoms with Crippen LogP contribution in [0.25, 0.3) is 6.08 Å². The van der Waals surface area contributed by atoms with Crippen molar-refractivity contribution in [2.75, 3.05) is 13.1 Å². The second-order valence-electron chi connectivity index (χ2n) is 5.30. The largest absolute Gasteiger partial charge is 0.481 e. The van der Waals surface area contributed by atoms with Crippen LogP contribution in [0.1, 0.15) is 24.0 Å². The number of aliphatic carboxylic acids is 1. The minimum atomic E-state index is -0.763. The molecule has 0 radical (unpaired) electrons. The summed E-state index contributed by atoms with van der Waals surface area (Å²) in [6.45, 7) is 3.03. The van der Waals surface area contributed by atoms with E-state index in [-0.39, 0.29) is 11.8 Å². The minimum absolute atomic E-state index is 0.0636. The molecule has 0 aromatic heterocycles. The van der Waals surface area contributed by atoms with Crippen LogP contribution in [0.4, 0.5) is 0 Å². The Morgan fingerprint density at radius 3 is 2.57 bits per heavy atom. The summed E-state index contributed by atoms with van der Waals surface area (Å²) in [6, 6.07) is 5.95. The number of aryl methyl sites for hydroxylation is 1. The number of amides is 1. The highest BCUT2D eigenvalue weighted by atomic mass is 79.9. The first kappa shape index (κ1) is 15.8. The molecule has 1 fully saturated rings. The van der Waals surface area contributed by atoms with Crippen LogP contribution < -0.4 is 0 Å². The molecule has 5 heteroatoms. The maximum Gasteiger partial charge on any atom is 0.306 e. The summed E-state index contributed by atoms with van der Waals surface area (Å²) in [6.07, 6.45) is 4.40. The summed E-state index contributed by atoms with van der Waals surface area (Å²) < 4.78 is 0.955. The highest BCUT2D eigenvalue weighted by Gasteiger charge is 2.25. The first-order valence-corrected chi connectivity index (χ1v) is 7.72. The third kappa shape index (κ3) is 4.17. The zero-order valence-corrected chi connectivity index (χ0v) is 13.5. The van der Waals surface area contributed by atoms with Gasteiger partial charge in [0, 0.05) is 23.6 Å². The van der Waals surface area contributed by atoms with Gasteiger partial charge in [0.1, 0.15) is 0 Å². The van der Waals surface area contributed by atoms with Gasteiger partial charge in [-0.1, -0.05) is 28.1 Å². The van der Waals surface area contributed by atoms with Crippen molar-refractivity contribution in [2.45, 2.75) is 19.8 Å². The smallest absolute Gasteiger partial charge is 0.306 e. The van der Waals surface area contributed by atoms with E-state index in [0.717, 1.165) is 15.6 Å². The topological polar surface area (TPSA) is 57.6 Å². The fourth-order valence-corrected chi connectivity index (χ4v) is 3.01. The van der Waals surface area contributed by atoms with E-state index in [4.69, 9.17) is 5.11 Å². The number of piperidine rings is 1. The molecular weight excluding hydrogens is 334 g/mol. The molecule has 1 N–H and O–H groups in total. The summed E-state index contributed by atoms with van der Waals surface area (Å²) in [7, 11) is 0. The van der Waals surface area contributed by atoms with Gasteiger partial charge in [-0.05, 0) is 43.0 Å². The van der Waals surface area contributed by atoms with E-state index in [1.165, 1.54) is 0 Å². The lowest BCUT2D eigenvalue weighted by Crippen LogP contribution is -2.39. The molecule has 1 aliphatic heterocycles. The van der Waals surface area contributed by atoms with Gasteiger partial charge in [-0.25, -0.2) is 0 Å². The monoisotopic (exact) mass is 351 g/mol. The van der Waals surface area contributed by atoms with Crippen LogP contribution in [0.3, 0.4) is 0 Å². The second kappa shape index (κ2) is 6.89. The van der Waals surface area contributed by atoms with E-state index in [9.17, 15) is 9.59 Å². The molecule has 4 nitrogen and oxygen atoms in total. The normalized spacial score (nSPS) is 16.4. The van der Waals surface area contributed by atoms with Gasteiger partial charge in [-0.3, -0.25) is 9.59 Å². The van der Waals surface area contributed by atoms with Gasteiger partial charge in [-0.2, -0.15) is 0 Å². The van der Waals surface area contributed by atoms with Crippen LogP contribution in [-0.4, -0.2) is 35.0 Å². The quantitative estimate of drug-likeness (QED) is 0.851. The van der Waals surface area contributed by atoms with Crippen molar-refractivity contribution in [3.05, 3.63) is 39.9 Å². The molecule has 112 valence electrons. The number of halogens is 1. The van der Waals surface area contributed by atoms with E-state index in [1.807, 2.05) is 25.1 Å². The fourth-order valence-electron chi connectivity index (χ4n) is 2.38. The molecule has 1 saturated heterocycles. The number of rotatable bonds is 3. The van der Waals surface area contributed by atoms with Crippen molar-refractivity contribution >= 4 is 33.9 Å². The number of likely N-dealkylation sites (tertiary alicyclic amines) is 1. The predicted molar refractivity (Wildman–Crippen MR) is 84.9 cm³/mol. The van der Waals surface area contributed by atoms with Crippen molar-refractivity contribution in [2.24, 2.45) is 5.92 Å². The van der Waals surface area contributed by atoms with Gasteiger partial charge < -0.3 is 10.0 Å². The molecule has 0 spiro atoms. The number of hydrogen-bond acceptors (Lipinski definition) is 2. The Hall–Kier alpha value is -1.62. The van der Waals surface area contributed by atoms with Crippen LogP contribution in [0, 0.1) is 12.8 Å². The minimum Gasteiger partial charge on any atom is -0.481 e. The Kier molecular flexibility index (Phi) is 5.17. The summed E-state index contributed by atoms with van der Waals surface area (Å²) >= 11 is 3.48. The lowest BCUT2D eigenvalue weighted by Gasteiger charge is -2.29. The molecule has 2 rings (SSSR count). The number of carboxylic acid groups (broad SMARTS) is 1. The highest BCUT2D eigenvalue weighted by Crippen LogP contribution is 2.21. The number of carbonyl (C=O) groups is 2. The first-order valence-electron chi connectivity index (χ1n) is 6.93. The standard InChI is InChI=1S/C16H18BrNO3/c1-11-2-3-12(14(17)10-11)4-5-15(19)18-8-6-13(7-9-18)16(20)21/h2-5,10,13H,6-9H2,1H3,(H,20,21)/b5-4+. The Balaban J connectivity index is 1.95. The molecule has 0 unspecified atom stereocenters. The van der Waals surface area contributed by atoms with E-state index in [0.29, 0.717) is 25.9 Å². The molecular formula is C16H18BrNO3. The van der Waals surface area contributed by atoms with Crippen molar-refractivity contribution < 1.29 is 14.7 Å². The first-order chi connectivity index (χ1) is 9.97. The molecule has 21 heavy (non-hydrogen) atoms. The lowest BCUT2D eigenvalue weighted by atomic mass is 9.97. The SMILES string of the molecule is Cc1ccc(/C=C/C(=O)N2CCC(C(=O)O)CC2)c(Br)c1. The number of carbonyl (C=O) groups excluding carboxylic acids is 1.